The van der Waals surface area contributed by atoms with Gasteiger partial charge >= 0.3 is 0 Å². The number of hydrogen-bond donors (Lipinski definition) is 0. The van der Waals surface area contributed by atoms with Gasteiger partial charge in [-0.15, -0.1) is 0 Å². The molecule has 0 spiro atoms. The van der Waals surface area contributed by atoms with E-state index in [-0.39, 0.29) is 0 Å². The molecular formula is C15H23BrClNO2. The summed E-state index contributed by atoms with van der Waals surface area (Å²) in [4.78, 5) is 2.31. The van der Waals surface area contributed by atoms with Crippen LogP contribution < -0.4 is 0 Å². The summed E-state index contributed by atoms with van der Waals surface area (Å²) in [7, 11) is 0. The summed E-state index contributed by atoms with van der Waals surface area (Å²) in [6, 6.07) is 6.01. The summed E-state index contributed by atoms with van der Waals surface area (Å²) in [5, 5.41) is 0.789. The van der Waals surface area contributed by atoms with Crippen LogP contribution in [0.1, 0.15) is 19.4 Å². The molecule has 1 aromatic carbocycles. The Kier molecular flexibility index (Phi) is 9.48. The summed E-state index contributed by atoms with van der Waals surface area (Å²) in [6.45, 7) is 9.56. The normalized spacial score (nSPS) is 11.2. The van der Waals surface area contributed by atoms with Gasteiger partial charge in [-0.05, 0) is 31.5 Å². The molecule has 1 rings (SSSR count). The lowest BCUT2D eigenvalue weighted by atomic mass is 10.2. The predicted octanol–water partition coefficient (Wildman–Crippen LogP) is 3.98. The van der Waals surface area contributed by atoms with Crippen LogP contribution in [0.3, 0.4) is 0 Å². The molecule has 0 bridgehead atoms. The van der Waals surface area contributed by atoms with Crippen molar-refractivity contribution in [3.8, 4) is 0 Å². The second kappa shape index (κ2) is 10.6. The van der Waals surface area contributed by atoms with Gasteiger partial charge in [0.1, 0.15) is 0 Å². The van der Waals surface area contributed by atoms with Gasteiger partial charge in [-0.2, -0.15) is 0 Å². The van der Waals surface area contributed by atoms with Crippen LogP contribution in [-0.2, 0) is 16.0 Å². The lowest BCUT2D eigenvalue weighted by molar-refractivity contribution is 0.0798. The van der Waals surface area contributed by atoms with Gasteiger partial charge in [-0.25, -0.2) is 0 Å². The van der Waals surface area contributed by atoms with Gasteiger partial charge in [0.25, 0.3) is 0 Å². The molecule has 1 aromatic rings. The van der Waals surface area contributed by atoms with Crippen molar-refractivity contribution in [1.82, 2.24) is 4.90 Å². The van der Waals surface area contributed by atoms with Crippen molar-refractivity contribution in [3.63, 3.8) is 0 Å². The summed E-state index contributed by atoms with van der Waals surface area (Å²) in [5.74, 6) is 0. The molecule has 20 heavy (non-hydrogen) atoms. The highest BCUT2D eigenvalue weighted by atomic mass is 79.9. The zero-order chi connectivity index (χ0) is 14.8. The SMILES string of the molecule is CCOCCN(CCOCC)Cc1ccc(Br)cc1Cl. The average Bonchev–Trinajstić information content (AvgIpc) is 2.42. The Balaban J connectivity index is 2.56. The van der Waals surface area contributed by atoms with Crippen LogP contribution in [0.2, 0.25) is 5.02 Å². The first-order chi connectivity index (χ1) is 9.67. The molecule has 0 fully saturated rings. The molecule has 0 unspecified atom stereocenters. The molecule has 0 heterocycles. The second-order valence-electron chi connectivity index (χ2n) is 4.41. The van der Waals surface area contributed by atoms with E-state index in [1.54, 1.807) is 0 Å². The Labute approximate surface area is 135 Å². The third-order valence-corrected chi connectivity index (χ3v) is 3.77. The minimum absolute atomic E-state index is 0.733. The van der Waals surface area contributed by atoms with Crippen molar-refractivity contribution in [1.29, 1.82) is 0 Å². The minimum Gasteiger partial charge on any atom is -0.380 e. The Morgan fingerprint density at radius 2 is 1.70 bits per heavy atom. The maximum absolute atomic E-state index is 6.28. The Morgan fingerprint density at radius 1 is 1.10 bits per heavy atom. The quantitative estimate of drug-likeness (QED) is 0.586. The molecule has 114 valence electrons. The molecule has 0 radical (unpaired) electrons. The van der Waals surface area contributed by atoms with Crippen molar-refractivity contribution in [2.45, 2.75) is 20.4 Å². The number of rotatable bonds is 10. The van der Waals surface area contributed by atoms with Gasteiger partial charge in [0.05, 0.1) is 13.2 Å². The van der Waals surface area contributed by atoms with Gasteiger partial charge in [-0.3, -0.25) is 4.90 Å². The molecular weight excluding hydrogens is 342 g/mol. The number of benzene rings is 1. The van der Waals surface area contributed by atoms with Gasteiger partial charge in [-0.1, -0.05) is 33.6 Å². The third kappa shape index (κ3) is 7.04. The van der Waals surface area contributed by atoms with Gasteiger partial charge in [0.15, 0.2) is 0 Å². The fourth-order valence-electron chi connectivity index (χ4n) is 1.84. The molecule has 5 heteroatoms. The van der Waals surface area contributed by atoms with E-state index in [4.69, 9.17) is 21.1 Å². The minimum atomic E-state index is 0.733. The number of hydrogen-bond acceptors (Lipinski definition) is 3. The Morgan fingerprint density at radius 3 is 2.20 bits per heavy atom. The largest absolute Gasteiger partial charge is 0.380 e. The smallest absolute Gasteiger partial charge is 0.0593 e. The highest BCUT2D eigenvalue weighted by Gasteiger charge is 2.09. The molecule has 3 nitrogen and oxygen atoms in total. The van der Waals surface area contributed by atoms with Gasteiger partial charge < -0.3 is 9.47 Å². The summed E-state index contributed by atoms with van der Waals surface area (Å²) < 4.78 is 11.9. The predicted molar refractivity (Wildman–Crippen MR) is 87.4 cm³/mol. The Hall–Kier alpha value is -0.130. The van der Waals surface area contributed by atoms with E-state index in [1.165, 1.54) is 0 Å². The maximum atomic E-state index is 6.28. The van der Waals surface area contributed by atoms with Crippen LogP contribution in [0.5, 0.6) is 0 Å². The molecule has 0 aromatic heterocycles. The fraction of sp³-hybridized carbons (Fsp3) is 0.600. The van der Waals surface area contributed by atoms with Crippen LogP contribution in [0.4, 0.5) is 0 Å². The monoisotopic (exact) mass is 363 g/mol. The first-order valence-electron chi connectivity index (χ1n) is 6.99. The summed E-state index contributed by atoms with van der Waals surface area (Å²) >= 11 is 9.70. The van der Waals surface area contributed by atoms with E-state index in [9.17, 15) is 0 Å². The highest BCUT2D eigenvalue weighted by molar-refractivity contribution is 9.10. The van der Waals surface area contributed by atoms with Gasteiger partial charge in [0, 0.05) is 42.3 Å². The van der Waals surface area contributed by atoms with Crippen molar-refractivity contribution in [2.24, 2.45) is 0 Å². The van der Waals surface area contributed by atoms with Crippen molar-refractivity contribution in [2.75, 3.05) is 39.5 Å². The van der Waals surface area contributed by atoms with Crippen LogP contribution in [0, 0.1) is 0 Å². The van der Waals surface area contributed by atoms with E-state index in [0.29, 0.717) is 0 Å². The zero-order valence-corrected chi connectivity index (χ0v) is 14.5. The molecule has 0 N–H and O–H groups in total. The summed E-state index contributed by atoms with van der Waals surface area (Å²) in [6.07, 6.45) is 0. The van der Waals surface area contributed by atoms with Crippen molar-refractivity contribution >= 4 is 27.5 Å². The lowest BCUT2D eigenvalue weighted by Crippen LogP contribution is -2.30. The fourth-order valence-corrected chi connectivity index (χ4v) is 2.57. The molecule has 0 aliphatic heterocycles. The number of halogens is 2. The van der Waals surface area contributed by atoms with Crippen LogP contribution in [0.25, 0.3) is 0 Å². The van der Waals surface area contributed by atoms with E-state index in [1.807, 2.05) is 26.0 Å². The third-order valence-electron chi connectivity index (χ3n) is 2.92. The molecule has 0 saturated heterocycles. The lowest BCUT2D eigenvalue weighted by Gasteiger charge is -2.22. The maximum Gasteiger partial charge on any atom is 0.0593 e. The standard InChI is InChI=1S/C15H23BrClNO2/c1-3-19-9-7-18(8-10-20-4-2)12-13-5-6-14(16)11-15(13)17/h5-6,11H,3-4,7-10,12H2,1-2H3. The molecule has 0 aliphatic carbocycles. The first kappa shape index (κ1) is 17.9. The van der Waals surface area contributed by atoms with Crippen LogP contribution >= 0.6 is 27.5 Å². The number of ether oxygens (including phenoxy) is 2. The van der Waals surface area contributed by atoms with E-state index in [2.05, 4.69) is 26.9 Å². The van der Waals surface area contributed by atoms with Crippen LogP contribution in [-0.4, -0.2) is 44.4 Å². The summed E-state index contributed by atoms with van der Waals surface area (Å²) in [5.41, 5.74) is 1.13. The van der Waals surface area contributed by atoms with Crippen molar-refractivity contribution < 1.29 is 9.47 Å². The van der Waals surface area contributed by atoms with E-state index in [0.717, 1.165) is 61.1 Å². The van der Waals surface area contributed by atoms with Gasteiger partial charge in [0.2, 0.25) is 0 Å². The van der Waals surface area contributed by atoms with Crippen LogP contribution in [0.15, 0.2) is 22.7 Å². The highest BCUT2D eigenvalue weighted by Crippen LogP contribution is 2.22. The molecule has 0 atom stereocenters. The molecule has 0 amide bonds. The first-order valence-corrected chi connectivity index (χ1v) is 8.16. The second-order valence-corrected chi connectivity index (χ2v) is 5.73. The zero-order valence-electron chi connectivity index (χ0n) is 12.2. The Bertz CT molecular complexity index is 380. The van der Waals surface area contributed by atoms with E-state index >= 15 is 0 Å². The topological polar surface area (TPSA) is 21.7 Å². The van der Waals surface area contributed by atoms with E-state index < -0.39 is 0 Å². The molecule has 0 saturated carbocycles. The molecule has 0 aliphatic rings. The number of nitrogens with zero attached hydrogens (tertiary/aromatic N) is 1. The average molecular weight is 365 g/mol. The van der Waals surface area contributed by atoms with Crippen molar-refractivity contribution in [3.05, 3.63) is 33.3 Å².